The van der Waals surface area contributed by atoms with Crippen LogP contribution in [0.15, 0.2) is 35.5 Å². The van der Waals surface area contributed by atoms with Crippen molar-refractivity contribution in [1.29, 1.82) is 0 Å². The van der Waals surface area contributed by atoms with E-state index in [0.29, 0.717) is 0 Å². The van der Waals surface area contributed by atoms with E-state index in [-0.39, 0.29) is 24.5 Å². The second kappa shape index (κ2) is 6.42. The van der Waals surface area contributed by atoms with Crippen molar-refractivity contribution in [3.05, 3.63) is 35.9 Å². The van der Waals surface area contributed by atoms with Crippen LogP contribution in [0, 0.1) is 0 Å². The maximum Gasteiger partial charge on any atom is 0.353 e. The van der Waals surface area contributed by atoms with E-state index in [1.54, 1.807) is 0 Å². The van der Waals surface area contributed by atoms with E-state index in [0.717, 1.165) is 5.56 Å². The smallest absolute Gasteiger partial charge is 0.353 e. The molecule has 0 radical (unpaired) electrons. The zero-order valence-electron chi connectivity index (χ0n) is 9.42. The Labute approximate surface area is 98.7 Å². The summed E-state index contributed by atoms with van der Waals surface area (Å²) in [5.41, 5.74) is 0.706. The molecule has 0 aliphatic rings. The van der Waals surface area contributed by atoms with Crippen molar-refractivity contribution >= 4 is 17.5 Å². The van der Waals surface area contributed by atoms with E-state index >= 15 is 0 Å². The number of nitrogens with zero attached hydrogens (tertiary/aromatic N) is 1. The van der Waals surface area contributed by atoms with Gasteiger partial charge in [-0.1, -0.05) is 35.5 Å². The lowest BCUT2D eigenvalue weighted by Gasteiger charge is -2.00. The van der Waals surface area contributed by atoms with Gasteiger partial charge in [-0.25, -0.2) is 4.79 Å². The van der Waals surface area contributed by atoms with Crippen molar-refractivity contribution in [2.45, 2.75) is 13.3 Å². The molecule has 1 aromatic carbocycles. The lowest BCUT2D eigenvalue weighted by molar-refractivity contribution is -0.130. The fraction of sp³-hybridized carbons (Fsp3) is 0.250. The van der Waals surface area contributed by atoms with Crippen LogP contribution in [0.3, 0.4) is 0 Å². The van der Waals surface area contributed by atoms with Crippen LogP contribution in [-0.4, -0.2) is 29.2 Å². The molecular formula is C12H13NO4. The second-order valence-corrected chi connectivity index (χ2v) is 3.46. The number of carbonyl (C=O) groups is 2. The van der Waals surface area contributed by atoms with E-state index in [2.05, 4.69) is 9.99 Å². The van der Waals surface area contributed by atoms with Crippen LogP contribution in [-0.2, 0) is 20.8 Å². The van der Waals surface area contributed by atoms with E-state index in [9.17, 15) is 9.59 Å². The van der Waals surface area contributed by atoms with Crippen LogP contribution in [0.1, 0.15) is 12.5 Å². The van der Waals surface area contributed by atoms with Gasteiger partial charge in [-0.3, -0.25) is 4.79 Å². The summed E-state index contributed by atoms with van der Waals surface area (Å²) in [7, 11) is 0. The number of hydrogen-bond acceptors (Lipinski definition) is 4. The third-order valence-corrected chi connectivity index (χ3v) is 1.98. The van der Waals surface area contributed by atoms with E-state index < -0.39 is 5.97 Å². The number of carboxylic acids is 1. The molecule has 5 nitrogen and oxygen atoms in total. The Hall–Kier alpha value is -2.17. The number of Topliss-reactive ketones (excluding diaryl/α,β-unsaturated/α-hetero) is 1. The molecule has 0 aromatic heterocycles. The molecule has 1 aromatic rings. The first-order valence-electron chi connectivity index (χ1n) is 5.05. The molecule has 0 heterocycles. The van der Waals surface area contributed by atoms with E-state index in [4.69, 9.17) is 5.11 Å². The number of ketones is 1. The molecule has 0 spiro atoms. The average molecular weight is 235 g/mol. The number of carboxylic acid groups (broad SMARTS) is 1. The van der Waals surface area contributed by atoms with Gasteiger partial charge in [0.1, 0.15) is 0 Å². The first-order valence-corrected chi connectivity index (χ1v) is 5.05. The molecule has 0 fully saturated rings. The fourth-order valence-corrected chi connectivity index (χ4v) is 1.11. The van der Waals surface area contributed by atoms with Gasteiger partial charge < -0.3 is 9.94 Å². The zero-order valence-corrected chi connectivity index (χ0v) is 9.42. The number of carbonyl (C=O) groups excluding carboxylic acids is 1. The van der Waals surface area contributed by atoms with Gasteiger partial charge in [-0.2, -0.15) is 0 Å². The molecular weight excluding hydrogens is 222 g/mol. The molecule has 0 aliphatic heterocycles. The molecule has 1 rings (SSSR count). The molecule has 17 heavy (non-hydrogen) atoms. The molecule has 0 unspecified atom stereocenters. The predicted octanol–water partition coefficient (Wildman–Crippen LogP) is 1.28. The summed E-state index contributed by atoms with van der Waals surface area (Å²) in [6.45, 7) is 1.07. The van der Waals surface area contributed by atoms with E-state index in [1.807, 2.05) is 30.3 Å². The first-order chi connectivity index (χ1) is 8.09. The SMILES string of the molecule is C/C(=N/OCC(=O)Cc1ccccc1)C(=O)O. The maximum absolute atomic E-state index is 11.4. The van der Waals surface area contributed by atoms with Crippen molar-refractivity contribution < 1.29 is 19.5 Å². The molecule has 0 saturated heterocycles. The topological polar surface area (TPSA) is 76.0 Å². The summed E-state index contributed by atoms with van der Waals surface area (Å²) in [5.74, 6) is -1.32. The standard InChI is InChI=1S/C12H13NO4/c1-9(12(15)16)13-17-8-11(14)7-10-5-3-2-4-6-10/h2-6H,7-8H2,1H3,(H,15,16)/b13-9-. The van der Waals surface area contributed by atoms with Crippen molar-refractivity contribution in [1.82, 2.24) is 0 Å². The molecule has 0 amide bonds. The second-order valence-electron chi connectivity index (χ2n) is 3.46. The van der Waals surface area contributed by atoms with Crippen LogP contribution in [0.5, 0.6) is 0 Å². The Morgan fingerprint density at radius 2 is 1.94 bits per heavy atom. The van der Waals surface area contributed by atoms with Gasteiger partial charge in [0.05, 0.1) is 0 Å². The van der Waals surface area contributed by atoms with Crippen LogP contribution in [0.25, 0.3) is 0 Å². The van der Waals surface area contributed by atoms with Crippen LogP contribution < -0.4 is 0 Å². The van der Waals surface area contributed by atoms with Gasteiger partial charge in [0.15, 0.2) is 18.1 Å². The van der Waals surface area contributed by atoms with Gasteiger partial charge in [0.2, 0.25) is 0 Å². The van der Waals surface area contributed by atoms with Crippen LogP contribution in [0.4, 0.5) is 0 Å². The van der Waals surface area contributed by atoms with Crippen LogP contribution in [0.2, 0.25) is 0 Å². The van der Waals surface area contributed by atoms with Crippen molar-refractivity contribution in [2.75, 3.05) is 6.61 Å². The van der Waals surface area contributed by atoms with Crippen molar-refractivity contribution in [3.8, 4) is 0 Å². The molecule has 5 heteroatoms. The van der Waals surface area contributed by atoms with Crippen LogP contribution >= 0.6 is 0 Å². The quantitative estimate of drug-likeness (QED) is 0.595. The largest absolute Gasteiger partial charge is 0.477 e. The van der Waals surface area contributed by atoms with Crippen molar-refractivity contribution in [3.63, 3.8) is 0 Å². The third kappa shape index (κ3) is 4.92. The Morgan fingerprint density at radius 1 is 1.29 bits per heavy atom. The molecule has 0 aliphatic carbocycles. The Bertz CT molecular complexity index is 425. The Balaban J connectivity index is 2.36. The summed E-state index contributed by atoms with van der Waals surface area (Å²) < 4.78 is 0. The molecule has 0 atom stereocenters. The van der Waals surface area contributed by atoms with E-state index in [1.165, 1.54) is 6.92 Å². The fourth-order valence-electron chi connectivity index (χ4n) is 1.11. The first kappa shape index (κ1) is 12.9. The van der Waals surface area contributed by atoms with Gasteiger partial charge in [-0.15, -0.1) is 0 Å². The molecule has 90 valence electrons. The molecule has 0 saturated carbocycles. The number of oxime groups is 1. The minimum absolute atomic E-state index is 0.155. The lowest BCUT2D eigenvalue weighted by Crippen LogP contribution is -2.13. The summed E-state index contributed by atoms with van der Waals surface area (Å²) in [6.07, 6.45) is 0.252. The highest BCUT2D eigenvalue weighted by Gasteiger charge is 2.05. The maximum atomic E-state index is 11.4. The Morgan fingerprint density at radius 3 is 2.53 bits per heavy atom. The molecule has 0 bridgehead atoms. The minimum Gasteiger partial charge on any atom is -0.477 e. The average Bonchev–Trinajstić information content (AvgIpc) is 2.30. The number of rotatable bonds is 6. The van der Waals surface area contributed by atoms with Gasteiger partial charge in [0.25, 0.3) is 0 Å². The lowest BCUT2D eigenvalue weighted by atomic mass is 10.1. The summed E-state index contributed by atoms with van der Waals surface area (Å²) in [4.78, 5) is 26.4. The normalized spacial score (nSPS) is 11.0. The summed E-state index contributed by atoms with van der Waals surface area (Å²) in [5, 5.41) is 11.8. The Kier molecular flexibility index (Phi) is 4.87. The van der Waals surface area contributed by atoms with Gasteiger partial charge in [0, 0.05) is 6.42 Å². The van der Waals surface area contributed by atoms with Gasteiger partial charge in [-0.05, 0) is 12.5 Å². The van der Waals surface area contributed by atoms with Crippen molar-refractivity contribution in [2.24, 2.45) is 5.16 Å². The minimum atomic E-state index is -1.17. The predicted molar refractivity (Wildman–Crippen MR) is 61.8 cm³/mol. The monoisotopic (exact) mass is 235 g/mol. The molecule has 1 N–H and O–H groups in total. The number of aliphatic carboxylic acids is 1. The third-order valence-electron chi connectivity index (χ3n) is 1.98. The summed E-state index contributed by atoms with van der Waals surface area (Å²) in [6, 6.07) is 9.23. The highest BCUT2D eigenvalue weighted by Crippen LogP contribution is 2.00. The summed E-state index contributed by atoms with van der Waals surface area (Å²) >= 11 is 0. The zero-order chi connectivity index (χ0) is 12.7. The highest BCUT2D eigenvalue weighted by atomic mass is 16.6. The van der Waals surface area contributed by atoms with Gasteiger partial charge >= 0.3 is 5.97 Å². The number of hydrogen-bond donors (Lipinski definition) is 1. The highest BCUT2D eigenvalue weighted by molar-refractivity contribution is 6.34. The number of benzene rings is 1.